The van der Waals surface area contributed by atoms with Crippen molar-refractivity contribution in [3.05, 3.63) is 47.3 Å². The van der Waals surface area contributed by atoms with Gasteiger partial charge in [-0.2, -0.15) is 0 Å². The van der Waals surface area contributed by atoms with Gasteiger partial charge in [0.05, 0.1) is 5.69 Å². The predicted molar refractivity (Wildman–Crippen MR) is 92.8 cm³/mol. The molecule has 1 aromatic heterocycles. The first kappa shape index (κ1) is 14.8. The first-order valence-electron chi connectivity index (χ1n) is 9.09. The summed E-state index contributed by atoms with van der Waals surface area (Å²) in [6.07, 6.45) is 10.6. The van der Waals surface area contributed by atoms with Gasteiger partial charge in [0.1, 0.15) is 12.0 Å². The van der Waals surface area contributed by atoms with E-state index in [2.05, 4.69) is 41.7 Å². The van der Waals surface area contributed by atoms with Crippen LogP contribution in [-0.2, 0) is 12.8 Å². The maximum absolute atomic E-state index is 5.36. The van der Waals surface area contributed by atoms with E-state index in [1.807, 2.05) is 6.26 Å². The molecule has 2 aromatic rings. The molecule has 1 fully saturated rings. The molecule has 23 heavy (non-hydrogen) atoms. The Balaban J connectivity index is 1.55. The summed E-state index contributed by atoms with van der Waals surface area (Å²) in [5, 5.41) is 8.11. The van der Waals surface area contributed by atoms with Crippen LogP contribution in [0.4, 0.5) is 5.69 Å². The lowest BCUT2D eigenvalue weighted by Gasteiger charge is -2.31. The minimum atomic E-state index is 0.453. The van der Waals surface area contributed by atoms with Gasteiger partial charge in [0.2, 0.25) is 0 Å². The van der Waals surface area contributed by atoms with Gasteiger partial charge in [-0.25, -0.2) is 0 Å². The maximum Gasteiger partial charge on any atom is 0.147 e. The molecule has 0 bridgehead atoms. The average Bonchev–Trinajstić information content (AvgIpc) is 3.03. The summed E-state index contributed by atoms with van der Waals surface area (Å²) in [7, 11) is 0. The van der Waals surface area contributed by atoms with Crippen LogP contribution in [0.3, 0.4) is 0 Å². The zero-order chi connectivity index (χ0) is 15.6. The summed E-state index contributed by atoms with van der Waals surface area (Å²) in [6.45, 7) is 2.35. The number of anilines is 1. The number of hydrogen-bond donors (Lipinski definition) is 1. The predicted octanol–water partition coefficient (Wildman–Crippen LogP) is 4.94. The van der Waals surface area contributed by atoms with Gasteiger partial charge < -0.3 is 9.84 Å². The standard InChI is InChI=1S/C20H26N2O/c1-14-11-15-7-5-6-8-16(15)12-18(14)20-19(13-23-22-20)21-17-9-3-2-4-10-17/h5-8,13-14,17-18,21H,2-4,9-12H2,1H3. The fourth-order valence-electron chi connectivity index (χ4n) is 4.34. The Morgan fingerprint density at radius 3 is 2.57 bits per heavy atom. The molecule has 0 saturated heterocycles. The van der Waals surface area contributed by atoms with Crippen LogP contribution in [0.2, 0.25) is 0 Å². The topological polar surface area (TPSA) is 38.1 Å². The van der Waals surface area contributed by atoms with Crippen LogP contribution >= 0.6 is 0 Å². The molecule has 3 heteroatoms. The molecule has 1 N–H and O–H groups in total. The van der Waals surface area contributed by atoms with E-state index < -0.39 is 0 Å². The van der Waals surface area contributed by atoms with Gasteiger partial charge in [-0.15, -0.1) is 0 Å². The third-order valence-electron chi connectivity index (χ3n) is 5.70. The minimum absolute atomic E-state index is 0.453. The molecular formula is C20H26N2O. The van der Waals surface area contributed by atoms with Gasteiger partial charge in [0.25, 0.3) is 0 Å². The Morgan fingerprint density at radius 1 is 1.04 bits per heavy atom. The third-order valence-corrected chi connectivity index (χ3v) is 5.70. The lowest BCUT2D eigenvalue weighted by atomic mass is 9.75. The Morgan fingerprint density at radius 2 is 1.78 bits per heavy atom. The number of rotatable bonds is 3. The van der Waals surface area contributed by atoms with Crippen LogP contribution < -0.4 is 5.32 Å². The summed E-state index contributed by atoms with van der Waals surface area (Å²) >= 11 is 0. The number of fused-ring (bicyclic) bond motifs is 1. The molecule has 3 nitrogen and oxygen atoms in total. The zero-order valence-corrected chi connectivity index (χ0v) is 13.9. The molecule has 2 aliphatic carbocycles. The quantitative estimate of drug-likeness (QED) is 0.872. The monoisotopic (exact) mass is 310 g/mol. The van der Waals surface area contributed by atoms with Crippen LogP contribution in [0.5, 0.6) is 0 Å². The molecule has 2 aliphatic rings. The normalized spacial score (nSPS) is 25.1. The van der Waals surface area contributed by atoms with Crippen LogP contribution in [0, 0.1) is 5.92 Å². The molecular weight excluding hydrogens is 284 g/mol. The fourth-order valence-corrected chi connectivity index (χ4v) is 4.34. The van der Waals surface area contributed by atoms with Crippen molar-refractivity contribution in [2.24, 2.45) is 5.92 Å². The molecule has 0 radical (unpaired) electrons. The van der Waals surface area contributed by atoms with Crippen molar-refractivity contribution < 1.29 is 4.52 Å². The highest BCUT2D eigenvalue weighted by Crippen LogP contribution is 2.39. The molecule has 0 amide bonds. The van der Waals surface area contributed by atoms with Gasteiger partial charge in [-0.05, 0) is 42.7 Å². The SMILES string of the molecule is CC1Cc2ccccc2CC1c1nocc1NC1CCCCC1. The second-order valence-corrected chi connectivity index (χ2v) is 7.35. The summed E-state index contributed by atoms with van der Waals surface area (Å²) in [4.78, 5) is 0. The number of nitrogens with one attached hydrogen (secondary N) is 1. The first-order valence-corrected chi connectivity index (χ1v) is 9.09. The lowest BCUT2D eigenvalue weighted by molar-refractivity contribution is 0.369. The van der Waals surface area contributed by atoms with Crippen molar-refractivity contribution in [3.8, 4) is 0 Å². The Hall–Kier alpha value is -1.77. The van der Waals surface area contributed by atoms with Crippen molar-refractivity contribution in [2.75, 3.05) is 5.32 Å². The van der Waals surface area contributed by atoms with Gasteiger partial charge in [-0.3, -0.25) is 0 Å². The van der Waals surface area contributed by atoms with Gasteiger partial charge in [0, 0.05) is 12.0 Å². The second-order valence-electron chi connectivity index (χ2n) is 7.35. The number of benzene rings is 1. The van der Waals surface area contributed by atoms with E-state index >= 15 is 0 Å². The summed E-state index contributed by atoms with van der Waals surface area (Å²) in [5.74, 6) is 1.05. The van der Waals surface area contributed by atoms with E-state index in [-0.39, 0.29) is 0 Å². The van der Waals surface area contributed by atoms with Crippen LogP contribution in [-0.4, -0.2) is 11.2 Å². The van der Waals surface area contributed by atoms with Crippen molar-refractivity contribution >= 4 is 5.69 Å². The highest BCUT2D eigenvalue weighted by atomic mass is 16.5. The molecule has 1 aromatic carbocycles. The Bertz CT molecular complexity index is 657. The van der Waals surface area contributed by atoms with E-state index in [0.717, 1.165) is 24.2 Å². The van der Waals surface area contributed by atoms with Gasteiger partial charge in [0.15, 0.2) is 0 Å². The highest BCUT2D eigenvalue weighted by molar-refractivity contribution is 5.49. The average molecular weight is 310 g/mol. The van der Waals surface area contributed by atoms with Crippen LogP contribution in [0.1, 0.15) is 61.8 Å². The Kier molecular flexibility index (Phi) is 4.11. The number of aromatic nitrogens is 1. The minimum Gasteiger partial charge on any atom is -0.378 e. The van der Waals surface area contributed by atoms with Crippen molar-refractivity contribution in [3.63, 3.8) is 0 Å². The third kappa shape index (κ3) is 3.01. The molecule has 1 saturated carbocycles. The molecule has 1 heterocycles. The Labute approximate surface area is 138 Å². The fraction of sp³-hybridized carbons (Fsp3) is 0.550. The van der Waals surface area contributed by atoms with Crippen molar-refractivity contribution in [2.45, 2.75) is 63.8 Å². The number of nitrogens with zero attached hydrogens (tertiary/aromatic N) is 1. The maximum atomic E-state index is 5.36. The highest BCUT2D eigenvalue weighted by Gasteiger charge is 2.31. The van der Waals surface area contributed by atoms with E-state index in [1.165, 1.54) is 43.2 Å². The van der Waals surface area contributed by atoms with Crippen LogP contribution in [0.25, 0.3) is 0 Å². The van der Waals surface area contributed by atoms with Crippen molar-refractivity contribution in [1.82, 2.24) is 5.16 Å². The van der Waals surface area contributed by atoms with E-state index in [0.29, 0.717) is 17.9 Å². The molecule has 2 atom stereocenters. The summed E-state index contributed by atoms with van der Waals surface area (Å²) in [6, 6.07) is 9.43. The zero-order valence-electron chi connectivity index (χ0n) is 13.9. The summed E-state index contributed by atoms with van der Waals surface area (Å²) < 4.78 is 5.36. The molecule has 2 unspecified atom stereocenters. The number of hydrogen-bond acceptors (Lipinski definition) is 3. The van der Waals surface area contributed by atoms with Crippen LogP contribution in [0.15, 0.2) is 35.1 Å². The first-order chi connectivity index (χ1) is 11.3. The van der Waals surface area contributed by atoms with Gasteiger partial charge >= 0.3 is 0 Å². The van der Waals surface area contributed by atoms with E-state index in [9.17, 15) is 0 Å². The summed E-state index contributed by atoms with van der Waals surface area (Å²) in [5.41, 5.74) is 5.24. The largest absolute Gasteiger partial charge is 0.378 e. The van der Waals surface area contributed by atoms with Gasteiger partial charge in [-0.1, -0.05) is 55.6 Å². The van der Waals surface area contributed by atoms with Crippen molar-refractivity contribution in [1.29, 1.82) is 0 Å². The second kappa shape index (κ2) is 6.38. The van der Waals surface area contributed by atoms with E-state index in [1.54, 1.807) is 0 Å². The van der Waals surface area contributed by atoms with E-state index in [4.69, 9.17) is 4.52 Å². The molecule has 0 spiro atoms. The molecule has 4 rings (SSSR count). The lowest BCUT2D eigenvalue weighted by Crippen LogP contribution is -2.25. The molecule has 0 aliphatic heterocycles. The molecule has 122 valence electrons. The smallest absolute Gasteiger partial charge is 0.147 e.